The minimum Gasteiger partial charge on any atom is -0.366 e. The maximum atomic E-state index is 14.0. The van der Waals surface area contributed by atoms with Crippen LogP contribution in [-0.4, -0.2) is 70.2 Å². The normalized spacial score (nSPS) is 17.2. The van der Waals surface area contributed by atoms with Gasteiger partial charge in [0.2, 0.25) is 21.8 Å². The lowest BCUT2D eigenvalue weighted by Gasteiger charge is -2.39. The van der Waals surface area contributed by atoms with Gasteiger partial charge in [-0.1, -0.05) is 74.0 Å². The number of nitrogens with one attached hydrogen (secondary N) is 2. The molecule has 2 aliphatic heterocycles. The van der Waals surface area contributed by atoms with Gasteiger partial charge in [0.1, 0.15) is 6.04 Å². The Morgan fingerprint density at radius 1 is 0.978 bits per heavy atom. The second-order valence-electron chi connectivity index (χ2n) is 12.3. The highest BCUT2D eigenvalue weighted by molar-refractivity contribution is 7.92. The van der Waals surface area contributed by atoms with Gasteiger partial charge in [0.25, 0.3) is 0 Å². The summed E-state index contributed by atoms with van der Waals surface area (Å²) in [5.41, 5.74) is 4.68. The molecule has 5 rings (SSSR count). The Labute approximate surface area is 271 Å². The third kappa shape index (κ3) is 8.17. The van der Waals surface area contributed by atoms with Gasteiger partial charge in [0, 0.05) is 63.2 Å². The van der Waals surface area contributed by atoms with Gasteiger partial charge in [0.15, 0.2) is 0 Å². The van der Waals surface area contributed by atoms with E-state index in [-0.39, 0.29) is 30.2 Å². The van der Waals surface area contributed by atoms with Crippen molar-refractivity contribution in [3.63, 3.8) is 0 Å². The zero-order valence-electron chi connectivity index (χ0n) is 26.1. The maximum absolute atomic E-state index is 14.0. The Balaban J connectivity index is 1.29. The fraction of sp³-hybridized carbons (Fsp3) is 0.412. The predicted molar refractivity (Wildman–Crippen MR) is 180 cm³/mol. The summed E-state index contributed by atoms with van der Waals surface area (Å²) in [5.74, 6) is -0.173. The van der Waals surface area contributed by atoms with Crippen LogP contribution in [0.25, 0.3) is 0 Å². The first kappa shape index (κ1) is 32.8. The number of hydrogen-bond acceptors (Lipinski definition) is 6. The molecule has 2 heterocycles. The van der Waals surface area contributed by atoms with Crippen molar-refractivity contribution in [3.8, 4) is 0 Å². The maximum Gasteiger partial charge on any atom is 0.245 e. The molecular formula is C34H42ClN5O4S. The lowest BCUT2D eigenvalue weighted by Crippen LogP contribution is -2.56. The van der Waals surface area contributed by atoms with E-state index in [1.807, 2.05) is 68.4 Å². The van der Waals surface area contributed by atoms with E-state index >= 15 is 0 Å². The van der Waals surface area contributed by atoms with Crippen molar-refractivity contribution < 1.29 is 18.0 Å². The van der Waals surface area contributed by atoms with Gasteiger partial charge in [-0.15, -0.1) is 0 Å². The second kappa shape index (κ2) is 14.2. The highest BCUT2D eigenvalue weighted by atomic mass is 35.5. The number of halogens is 1. The molecule has 2 unspecified atom stereocenters. The van der Waals surface area contributed by atoms with Gasteiger partial charge < -0.3 is 20.4 Å². The second-order valence-corrected chi connectivity index (χ2v) is 14.6. The molecule has 0 saturated carbocycles. The number of rotatable bonds is 11. The SMILES string of the molecule is CC(C)CN(c1ccccc1N1CCN(C(=O)C(Cc2ccc(Cl)cc2)NC(=O)CC2NCc3ccccc32)CC1)S(C)(=O)=O. The molecule has 0 aromatic heterocycles. The van der Waals surface area contributed by atoms with Gasteiger partial charge in [-0.05, 0) is 46.9 Å². The van der Waals surface area contributed by atoms with Crippen molar-refractivity contribution >= 4 is 44.8 Å². The number of carbonyl (C=O) groups excluding carboxylic acids is 2. The van der Waals surface area contributed by atoms with Crippen LogP contribution in [0.2, 0.25) is 5.02 Å². The minimum absolute atomic E-state index is 0.0988. The first-order valence-electron chi connectivity index (χ1n) is 15.4. The molecule has 3 aromatic carbocycles. The molecule has 2 N–H and O–H groups in total. The van der Waals surface area contributed by atoms with E-state index in [4.69, 9.17) is 11.6 Å². The number of fused-ring (bicyclic) bond motifs is 1. The van der Waals surface area contributed by atoms with Crippen LogP contribution in [0, 0.1) is 5.92 Å². The van der Waals surface area contributed by atoms with Gasteiger partial charge in [-0.3, -0.25) is 13.9 Å². The molecule has 2 amide bonds. The fourth-order valence-electron chi connectivity index (χ4n) is 6.13. The summed E-state index contributed by atoms with van der Waals surface area (Å²) >= 11 is 6.10. The van der Waals surface area contributed by atoms with Gasteiger partial charge >= 0.3 is 0 Å². The van der Waals surface area contributed by atoms with Crippen LogP contribution in [-0.2, 0) is 32.6 Å². The molecule has 0 bridgehead atoms. The number of para-hydroxylation sites is 2. The van der Waals surface area contributed by atoms with Crippen LogP contribution in [0.3, 0.4) is 0 Å². The molecule has 0 aliphatic carbocycles. The van der Waals surface area contributed by atoms with E-state index in [9.17, 15) is 18.0 Å². The van der Waals surface area contributed by atoms with Crippen molar-refractivity contribution in [1.29, 1.82) is 0 Å². The minimum atomic E-state index is -3.49. The Bertz CT molecular complexity index is 1610. The topological polar surface area (TPSA) is 102 Å². The number of nitrogens with zero attached hydrogens (tertiary/aromatic N) is 3. The highest BCUT2D eigenvalue weighted by Crippen LogP contribution is 2.32. The lowest BCUT2D eigenvalue weighted by molar-refractivity contribution is -0.136. The number of piperazine rings is 1. The molecule has 240 valence electrons. The van der Waals surface area contributed by atoms with E-state index in [1.54, 1.807) is 17.0 Å². The molecule has 1 fully saturated rings. The van der Waals surface area contributed by atoms with Crippen molar-refractivity contribution in [3.05, 3.63) is 94.5 Å². The number of anilines is 2. The van der Waals surface area contributed by atoms with Crippen molar-refractivity contribution in [2.45, 2.75) is 45.3 Å². The first-order valence-corrected chi connectivity index (χ1v) is 17.7. The summed E-state index contributed by atoms with van der Waals surface area (Å²) in [6, 6.07) is 22.1. The Morgan fingerprint density at radius 2 is 1.64 bits per heavy atom. The number of sulfonamides is 1. The molecule has 9 nitrogen and oxygen atoms in total. The molecule has 2 aliphatic rings. The zero-order chi connectivity index (χ0) is 32.1. The third-order valence-corrected chi connectivity index (χ3v) is 9.76. The average Bonchev–Trinajstić information content (AvgIpc) is 3.42. The zero-order valence-corrected chi connectivity index (χ0v) is 27.7. The number of hydrogen-bond donors (Lipinski definition) is 2. The van der Waals surface area contributed by atoms with E-state index in [0.29, 0.717) is 56.4 Å². The van der Waals surface area contributed by atoms with E-state index in [2.05, 4.69) is 21.6 Å². The smallest absolute Gasteiger partial charge is 0.245 e. The van der Waals surface area contributed by atoms with Crippen LogP contribution >= 0.6 is 11.6 Å². The molecule has 11 heteroatoms. The highest BCUT2D eigenvalue weighted by Gasteiger charge is 2.32. The van der Waals surface area contributed by atoms with Crippen LogP contribution in [0.4, 0.5) is 11.4 Å². The Kier molecular flexibility index (Phi) is 10.4. The summed E-state index contributed by atoms with van der Waals surface area (Å²) in [6.07, 6.45) is 1.82. The summed E-state index contributed by atoms with van der Waals surface area (Å²) in [7, 11) is -3.49. The molecule has 3 aromatic rings. The van der Waals surface area contributed by atoms with Gasteiger partial charge in [0.05, 0.1) is 17.6 Å². The molecular weight excluding hydrogens is 610 g/mol. The first-order chi connectivity index (χ1) is 21.5. The molecule has 1 saturated heterocycles. The summed E-state index contributed by atoms with van der Waals surface area (Å²) < 4.78 is 27.0. The van der Waals surface area contributed by atoms with Gasteiger partial charge in [-0.25, -0.2) is 8.42 Å². The quantitative estimate of drug-likeness (QED) is 0.319. The van der Waals surface area contributed by atoms with Crippen molar-refractivity contribution in [2.24, 2.45) is 5.92 Å². The summed E-state index contributed by atoms with van der Waals surface area (Å²) in [5, 5.41) is 7.06. The largest absolute Gasteiger partial charge is 0.366 e. The summed E-state index contributed by atoms with van der Waals surface area (Å²) in [4.78, 5) is 31.2. The van der Waals surface area contributed by atoms with Crippen molar-refractivity contribution in [1.82, 2.24) is 15.5 Å². The molecule has 2 atom stereocenters. The fourth-order valence-corrected chi connectivity index (χ4v) is 7.34. The van der Waals surface area contributed by atoms with Crippen molar-refractivity contribution in [2.75, 3.05) is 48.2 Å². The van der Waals surface area contributed by atoms with Crippen LogP contribution < -0.4 is 19.8 Å². The van der Waals surface area contributed by atoms with Gasteiger partial charge in [-0.2, -0.15) is 0 Å². The lowest BCUT2D eigenvalue weighted by atomic mass is 10.0. The molecule has 45 heavy (non-hydrogen) atoms. The number of amides is 2. The molecule has 0 spiro atoms. The number of benzene rings is 3. The van der Waals surface area contributed by atoms with E-state index < -0.39 is 16.1 Å². The molecule has 0 radical (unpaired) electrons. The van der Waals surface area contributed by atoms with Crippen LogP contribution in [0.15, 0.2) is 72.8 Å². The van der Waals surface area contributed by atoms with Crippen LogP contribution in [0.5, 0.6) is 0 Å². The van der Waals surface area contributed by atoms with E-state index in [1.165, 1.54) is 16.1 Å². The Morgan fingerprint density at radius 3 is 2.33 bits per heavy atom. The number of carbonyl (C=O) groups is 2. The average molecular weight is 652 g/mol. The monoisotopic (exact) mass is 651 g/mol. The predicted octanol–water partition coefficient (Wildman–Crippen LogP) is 4.37. The summed E-state index contributed by atoms with van der Waals surface area (Å²) in [6.45, 7) is 7.04. The standard InChI is InChI=1S/C34H42ClN5O4S/c1-24(2)23-40(45(3,43)44)32-11-7-6-10-31(32)38-16-18-39(19-17-38)34(42)30(20-25-12-14-27(35)15-13-25)37-33(41)21-29-28-9-5-4-8-26(28)22-36-29/h4-15,24,29-30,36H,16-23H2,1-3H3,(H,37,41). The Hall–Kier alpha value is -3.60. The van der Waals surface area contributed by atoms with E-state index in [0.717, 1.165) is 16.8 Å². The van der Waals surface area contributed by atoms with Crippen LogP contribution in [0.1, 0.15) is 43.0 Å². The third-order valence-electron chi connectivity index (χ3n) is 8.36.